The first kappa shape index (κ1) is 19.6. The van der Waals surface area contributed by atoms with Crippen molar-refractivity contribution in [1.82, 2.24) is 9.97 Å². The molecular formula is C20H24BrN3O3. The molecule has 27 heavy (non-hydrogen) atoms. The maximum absolute atomic E-state index is 11.5. The number of nitrogens with zero attached hydrogens (tertiary/aromatic N) is 2. The molecule has 1 unspecified atom stereocenters. The third-order valence-electron chi connectivity index (χ3n) is 4.97. The van der Waals surface area contributed by atoms with E-state index in [4.69, 9.17) is 4.74 Å². The van der Waals surface area contributed by atoms with E-state index in [0.29, 0.717) is 19.0 Å². The summed E-state index contributed by atoms with van der Waals surface area (Å²) < 4.78 is 6.70. The Morgan fingerprint density at radius 3 is 2.89 bits per heavy atom. The van der Waals surface area contributed by atoms with Gasteiger partial charge in [-0.25, -0.2) is 9.97 Å². The first-order valence-electron chi connectivity index (χ1n) is 9.28. The van der Waals surface area contributed by atoms with Crippen molar-refractivity contribution in [3.8, 4) is 5.75 Å². The van der Waals surface area contributed by atoms with Gasteiger partial charge in [0.05, 0.1) is 17.0 Å². The van der Waals surface area contributed by atoms with Crippen LogP contribution in [0.25, 0.3) is 0 Å². The minimum absolute atomic E-state index is 0.117. The number of halogens is 1. The number of carbonyl (C=O) groups is 1. The zero-order valence-electron chi connectivity index (χ0n) is 15.3. The Bertz CT molecular complexity index is 783. The van der Waals surface area contributed by atoms with Gasteiger partial charge in [-0.2, -0.15) is 0 Å². The summed E-state index contributed by atoms with van der Waals surface area (Å²) in [6.45, 7) is 3.27. The molecule has 0 spiro atoms. The van der Waals surface area contributed by atoms with Crippen LogP contribution in [0, 0.1) is 5.92 Å². The second kappa shape index (κ2) is 9.17. The lowest BCUT2D eigenvalue weighted by Gasteiger charge is -2.19. The van der Waals surface area contributed by atoms with Crippen LogP contribution in [-0.4, -0.2) is 34.2 Å². The predicted octanol–water partition coefficient (Wildman–Crippen LogP) is 4.26. The highest BCUT2D eigenvalue weighted by Gasteiger charge is 2.33. The van der Waals surface area contributed by atoms with Gasteiger partial charge in [0, 0.05) is 18.9 Å². The van der Waals surface area contributed by atoms with Gasteiger partial charge in [-0.3, -0.25) is 4.79 Å². The minimum atomic E-state index is -0.696. The molecule has 1 aliphatic rings. The van der Waals surface area contributed by atoms with Crippen LogP contribution in [-0.2, 0) is 11.2 Å². The van der Waals surface area contributed by atoms with Gasteiger partial charge < -0.3 is 15.2 Å². The Kier molecular flexibility index (Phi) is 6.66. The fourth-order valence-corrected chi connectivity index (χ4v) is 3.84. The summed E-state index contributed by atoms with van der Waals surface area (Å²) in [6, 6.07) is 6.06. The second-order valence-electron chi connectivity index (χ2n) is 6.71. The van der Waals surface area contributed by atoms with Gasteiger partial charge in [-0.05, 0) is 70.8 Å². The molecule has 0 amide bonds. The molecule has 3 rings (SSSR count). The molecule has 2 aromatic rings. The molecular weight excluding hydrogens is 410 g/mol. The Morgan fingerprint density at radius 2 is 2.19 bits per heavy atom. The summed E-state index contributed by atoms with van der Waals surface area (Å²) in [7, 11) is 0. The summed E-state index contributed by atoms with van der Waals surface area (Å²) in [5.41, 5.74) is 2.39. The number of rotatable bonds is 9. The molecule has 1 aromatic carbocycles. The van der Waals surface area contributed by atoms with Crippen LogP contribution in [0.1, 0.15) is 43.2 Å². The number of anilines is 1. The van der Waals surface area contributed by atoms with E-state index in [1.807, 2.05) is 19.1 Å². The van der Waals surface area contributed by atoms with Gasteiger partial charge in [0.1, 0.15) is 5.75 Å². The third-order valence-corrected chi connectivity index (χ3v) is 5.38. The number of nitrogens with one attached hydrogen (secondary N) is 1. The van der Waals surface area contributed by atoms with Crippen molar-refractivity contribution in [3.63, 3.8) is 0 Å². The summed E-state index contributed by atoms with van der Waals surface area (Å²) in [5, 5.41) is 12.6. The normalized spacial score (nSPS) is 16.6. The number of fused-ring (bicyclic) bond motifs is 1. The van der Waals surface area contributed by atoms with Crippen LogP contribution < -0.4 is 10.1 Å². The van der Waals surface area contributed by atoms with Gasteiger partial charge in [-0.15, -0.1) is 0 Å². The first-order chi connectivity index (χ1) is 13.1. The van der Waals surface area contributed by atoms with Crippen LogP contribution >= 0.6 is 15.9 Å². The SMILES string of the molecule is CCC(C(=O)O)[C@@H]1CCc2cc(OCCCNc3ncc(Br)cn3)ccc21. The van der Waals surface area contributed by atoms with E-state index in [9.17, 15) is 9.90 Å². The number of aromatic nitrogens is 2. The number of aliphatic carboxylic acids is 1. The molecule has 1 aromatic heterocycles. The topological polar surface area (TPSA) is 84.3 Å². The smallest absolute Gasteiger partial charge is 0.307 e. The maximum Gasteiger partial charge on any atom is 0.307 e. The molecule has 0 aliphatic heterocycles. The molecule has 2 atom stereocenters. The fraction of sp³-hybridized carbons (Fsp3) is 0.450. The zero-order chi connectivity index (χ0) is 19.2. The van der Waals surface area contributed by atoms with Crippen molar-refractivity contribution in [1.29, 1.82) is 0 Å². The number of aryl methyl sites for hydroxylation is 1. The quantitative estimate of drug-likeness (QED) is 0.574. The Hall–Kier alpha value is -2.15. The van der Waals surface area contributed by atoms with Gasteiger partial charge in [0.25, 0.3) is 0 Å². The molecule has 6 nitrogen and oxygen atoms in total. The highest BCUT2D eigenvalue weighted by Crippen LogP contribution is 2.41. The lowest BCUT2D eigenvalue weighted by Crippen LogP contribution is -2.19. The maximum atomic E-state index is 11.5. The zero-order valence-corrected chi connectivity index (χ0v) is 16.9. The molecule has 7 heteroatoms. The van der Waals surface area contributed by atoms with E-state index in [1.165, 1.54) is 11.1 Å². The van der Waals surface area contributed by atoms with Crippen LogP contribution in [0.5, 0.6) is 5.75 Å². The number of carboxylic acid groups (broad SMARTS) is 1. The lowest BCUT2D eigenvalue weighted by atomic mass is 9.85. The van der Waals surface area contributed by atoms with Crippen LogP contribution in [0.3, 0.4) is 0 Å². The van der Waals surface area contributed by atoms with Crippen LogP contribution in [0.2, 0.25) is 0 Å². The molecule has 0 bridgehead atoms. The molecule has 0 saturated heterocycles. The standard InChI is InChI=1S/C20H24BrN3O3/c1-2-16(19(25)26)18-6-4-13-10-15(5-7-17(13)18)27-9-3-8-22-20-23-11-14(21)12-24-20/h5,7,10-12,16,18H,2-4,6,8-9H2,1H3,(H,25,26)(H,22,23,24)/t16?,18-/m0/s1. The van der Waals surface area contributed by atoms with E-state index in [0.717, 1.165) is 36.0 Å². The van der Waals surface area contributed by atoms with E-state index >= 15 is 0 Å². The van der Waals surface area contributed by atoms with Crippen molar-refractivity contribution < 1.29 is 14.6 Å². The number of ether oxygens (including phenoxy) is 1. The Balaban J connectivity index is 1.48. The number of carboxylic acids is 1. The molecule has 1 aliphatic carbocycles. The third kappa shape index (κ3) is 4.97. The van der Waals surface area contributed by atoms with Crippen LogP contribution in [0.4, 0.5) is 5.95 Å². The molecule has 1 heterocycles. The van der Waals surface area contributed by atoms with Gasteiger partial charge >= 0.3 is 5.97 Å². The highest BCUT2D eigenvalue weighted by molar-refractivity contribution is 9.10. The van der Waals surface area contributed by atoms with Crippen molar-refractivity contribution in [2.45, 2.75) is 38.5 Å². The molecule has 144 valence electrons. The summed E-state index contributed by atoms with van der Waals surface area (Å²) in [4.78, 5) is 19.8. The largest absolute Gasteiger partial charge is 0.494 e. The predicted molar refractivity (Wildman–Crippen MR) is 107 cm³/mol. The molecule has 0 saturated carbocycles. The average molecular weight is 434 g/mol. The molecule has 2 N–H and O–H groups in total. The van der Waals surface area contributed by atoms with Gasteiger partial charge in [0.15, 0.2) is 0 Å². The highest BCUT2D eigenvalue weighted by atomic mass is 79.9. The lowest BCUT2D eigenvalue weighted by molar-refractivity contribution is -0.142. The van der Waals surface area contributed by atoms with Crippen molar-refractivity contribution in [3.05, 3.63) is 46.2 Å². The van der Waals surface area contributed by atoms with E-state index in [2.05, 4.69) is 37.3 Å². The Morgan fingerprint density at radius 1 is 1.41 bits per heavy atom. The first-order valence-corrected chi connectivity index (χ1v) is 10.1. The summed E-state index contributed by atoms with van der Waals surface area (Å²) in [6.07, 6.45) is 6.72. The van der Waals surface area contributed by atoms with Gasteiger partial charge in [0.2, 0.25) is 5.95 Å². The monoisotopic (exact) mass is 433 g/mol. The van der Waals surface area contributed by atoms with Gasteiger partial charge in [-0.1, -0.05) is 13.0 Å². The Labute approximate surface area is 167 Å². The summed E-state index contributed by atoms with van der Waals surface area (Å²) in [5.74, 6) is 0.567. The average Bonchev–Trinajstić information content (AvgIpc) is 3.06. The van der Waals surface area contributed by atoms with Crippen molar-refractivity contribution >= 4 is 27.8 Å². The van der Waals surface area contributed by atoms with Crippen molar-refractivity contribution in [2.24, 2.45) is 5.92 Å². The number of hydrogen-bond donors (Lipinski definition) is 2. The minimum Gasteiger partial charge on any atom is -0.494 e. The van der Waals surface area contributed by atoms with E-state index < -0.39 is 5.97 Å². The van der Waals surface area contributed by atoms with Crippen LogP contribution in [0.15, 0.2) is 35.1 Å². The second-order valence-corrected chi connectivity index (χ2v) is 7.63. The molecule has 0 radical (unpaired) electrons. The summed E-state index contributed by atoms with van der Waals surface area (Å²) >= 11 is 3.31. The van der Waals surface area contributed by atoms with E-state index in [1.54, 1.807) is 12.4 Å². The number of hydrogen-bond acceptors (Lipinski definition) is 5. The molecule has 0 fully saturated rings. The number of benzene rings is 1. The van der Waals surface area contributed by atoms with E-state index in [-0.39, 0.29) is 11.8 Å². The van der Waals surface area contributed by atoms with Crippen molar-refractivity contribution in [2.75, 3.05) is 18.5 Å². The fourth-order valence-electron chi connectivity index (χ4n) is 3.63.